The first kappa shape index (κ1) is 19.1. The number of carbonyl (C=O) groups is 1. The van der Waals surface area contributed by atoms with E-state index in [1.54, 1.807) is 24.3 Å². The van der Waals surface area contributed by atoms with Crippen molar-refractivity contribution in [1.82, 2.24) is 0 Å². The quantitative estimate of drug-likeness (QED) is 0.308. The van der Waals surface area contributed by atoms with Gasteiger partial charge in [-0.15, -0.1) is 6.58 Å². The molecule has 0 aromatic heterocycles. The minimum Gasteiger partial charge on any atom is -0.490 e. The van der Waals surface area contributed by atoms with Crippen LogP contribution in [0, 0.1) is 0 Å². The second kappa shape index (κ2) is 9.27. The smallest absolute Gasteiger partial charge is 0.335 e. The van der Waals surface area contributed by atoms with Crippen molar-refractivity contribution in [3.05, 3.63) is 71.3 Å². The van der Waals surface area contributed by atoms with Crippen LogP contribution in [-0.2, 0) is 13.0 Å². The molecule has 0 saturated heterocycles. The van der Waals surface area contributed by atoms with Crippen LogP contribution in [0.2, 0.25) is 0 Å². The Morgan fingerprint density at radius 2 is 1.96 bits per heavy atom. The molecule has 6 heteroatoms. The predicted octanol–water partition coefficient (Wildman–Crippen LogP) is 3.90. The van der Waals surface area contributed by atoms with Crippen molar-refractivity contribution in [3.63, 3.8) is 0 Å². The second-order valence-electron chi connectivity index (χ2n) is 5.47. The summed E-state index contributed by atoms with van der Waals surface area (Å²) in [5.74, 6) is 0.165. The Morgan fingerprint density at radius 1 is 1.23 bits per heavy atom. The maximum Gasteiger partial charge on any atom is 0.335 e. The second-order valence-corrected chi connectivity index (χ2v) is 5.47. The van der Waals surface area contributed by atoms with Gasteiger partial charge in [-0.3, -0.25) is 0 Å². The van der Waals surface area contributed by atoms with Gasteiger partial charge in [0, 0.05) is 11.1 Å². The van der Waals surface area contributed by atoms with Gasteiger partial charge in [-0.25, -0.2) is 4.79 Å². The van der Waals surface area contributed by atoms with Crippen LogP contribution < -0.4 is 9.47 Å². The van der Waals surface area contributed by atoms with Crippen molar-refractivity contribution < 1.29 is 24.6 Å². The number of ether oxygens (including phenoxy) is 2. The molecule has 0 aliphatic carbocycles. The lowest BCUT2D eigenvalue weighted by Gasteiger charge is -2.16. The molecular weight excluding hydrogens is 334 g/mol. The molecule has 0 amide bonds. The minimum atomic E-state index is -0.967. The SMILES string of the molecule is C=CCc1cc(/C=N\O)cc(OCC)c1OCc1ccc(C(=O)O)cc1. The first-order chi connectivity index (χ1) is 12.6. The molecule has 0 spiro atoms. The number of aromatic carboxylic acids is 1. The summed E-state index contributed by atoms with van der Waals surface area (Å²) in [7, 11) is 0. The molecule has 0 heterocycles. The molecule has 0 saturated carbocycles. The van der Waals surface area contributed by atoms with E-state index in [1.807, 2.05) is 13.0 Å². The van der Waals surface area contributed by atoms with Gasteiger partial charge in [-0.2, -0.15) is 0 Å². The molecule has 2 N–H and O–H groups in total. The molecule has 2 rings (SSSR count). The normalized spacial score (nSPS) is 10.7. The highest BCUT2D eigenvalue weighted by atomic mass is 16.5. The van der Waals surface area contributed by atoms with E-state index in [9.17, 15) is 4.79 Å². The van der Waals surface area contributed by atoms with Crippen LogP contribution in [0.25, 0.3) is 0 Å². The number of oxime groups is 1. The maximum absolute atomic E-state index is 10.9. The van der Waals surface area contributed by atoms with Crippen LogP contribution in [-0.4, -0.2) is 29.1 Å². The summed E-state index contributed by atoms with van der Waals surface area (Å²) >= 11 is 0. The third-order valence-corrected chi connectivity index (χ3v) is 3.61. The van der Waals surface area contributed by atoms with Crippen LogP contribution in [0.1, 0.15) is 34.0 Å². The van der Waals surface area contributed by atoms with E-state index in [1.165, 1.54) is 18.3 Å². The zero-order valence-electron chi connectivity index (χ0n) is 14.5. The fourth-order valence-corrected chi connectivity index (χ4v) is 2.46. The van der Waals surface area contributed by atoms with Crippen molar-refractivity contribution in [2.24, 2.45) is 5.16 Å². The average Bonchev–Trinajstić information content (AvgIpc) is 2.62. The molecule has 0 aliphatic heterocycles. The van der Waals surface area contributed by atoms with Crippen molar-refractivity contribution in [2.75, 3.05) is 6.61 Å². The molecule has 2 aromatic carbocycles. The van der Waals surface area contributed by atoms with E-state index in [-0.39, 0.29) is 12.2 Å². The highest BCUT2D eigenvalue weighted by Gasteiger charge is 2.13. The number of benzene rings is 2. The van der Waals surface area contributed by atoms with Crippen molar-refractivity contribution in [2.45, 2.75) is 20.0 Å². The number of nitrogens with zero attached hydrogens (tertiary/aromatic N) is 1. The summed E-state index contributed by atoms with van der Waals surface area (Å²) in [6.07, 6.45) is 3.63. The van der Waals surface area contributed by atoms with Gasteiger partial charge in [0.15, 0.2) is 11.5 Å². The topological polar surface area (TPSA) is 88.4 Å². The number of hydrogen-bond acceptors (Lipinski definition) is 5. The van der Waals surface area contributed by atoms with E-state index < -0.39 is 5.97 Å². The predicted molar refractivity (Wildman–Crippen MR) is 98.6 cm³/mol. The summed E-state index contributed by atoms with van der Waals surface area (Å²) in [5, 5.41) is 20.8. The maximum atomic E-state index is 10.9. The highest BCUT2D eigenvalue weighted by molar-refractivity contribution is 5.87. The van der Waals surface area contributed by atoms with E-state index in [4.69, 9.17) is 19.8 Å². The first-order valence-corrected chi connectivity index (χ1v) is 8.12. The molecule has 0 unspecified atom stereocenters. The Hall–Kier alpha value is -3.28. The van der Waals surface area contributed by atoms with Crippen molar-refractivity contribution in [3.8, 4) is 11.5 Å². The highest BCUT2D eigenvalue weighted by Crippen LogP contribution is 2.34. The van der Waals surface area contributed by atoms with Crippen LogP contribution in [0.15, 0.2) is 54.2 Å². The van der Waals surface area contributed by atoms with E-state index in [0.717, 1.165) is 11.1 Å². The average molecular weight is 355 g/mol. The van der Waals surface area contributed by atoms with Gasteiger partial charge < -0.3 is 19.8 Å². The monoisotopic (exact) mass is 355 g/mol. The number of hydrogen-bond donors (Lipinski definition) is 2. The number of carboxylic acids is 1. The number of allylic oxidation sites excluding steroid dienone is 1. The van der Waals surface area contributed by atoms with Crippen LogP contribution in [0.4, 0.5) is 0 Å². The first-order valence-electron chi connectivity index (χ1n) is 8.12. The van der Waals surface area contributed by atoms with Gasteiger partial charge in [0.05, 0.1) is 18.4 Å². The Morgan fingerprint density at radius 3 is 2.54 bits per heavy atom. The lowest BCUT2D eigenvalue weighted by atomic mass is 10.1. The van der Waals surface area contributed by atoms with Crippen LogP contribution in [0.3, 0.4) is 0 Å². The summed E-state index contributed by atoms with van der Waals surface area (Å²) < 4.78 is 11.6. The fraction of sp³-hybridized carbons (Fsp3) is 0.200. The Kier molecular flexibility index (Phi) is 6.79. The van der Waals surface area contributed by atoms with E-state index >= 15 is 0 Å². The van der Waals surface area contributed by atoms with Crippen LogP contribution in [0.5, 0.6) is 11.5 Å². The number of carboxylic acid groups (broad SMARTS) is 1. The largest absolute Gasteiger partial charge is 0.490 e. The van der Waals surface area contributed by atoms with Crippen molar-refractivity contribution >= 4 is 12.2 Å². The van der Waals surface area contributed by atoms with Gasteiger partial charge in [-0.1, -0.05) is 23.4 Å². The molecule has 26 heavy (non-hydrogen) atoms. The summed E-state index contributed by atoms with van der Waals surface area (Å²) in [6, 6.07) is 10.1. The van der Waals surface area contributed by atoms with E-state index in [0.29, 0.717) is 30.1 Å². The standard InChI is InChI=1S/C20H21NO5/c1-3-5-17-10-15(12-21-24)11-18(25-4-2)19(17)26-13-14-6-8-16(9-7-14)20(22)23/h3,6-12,24H,1,4-5,13H2,2H3,(H,22,23)/b21-12-. The Labute approximate surface area is 152 Å². The Balaban J connectivity index is 2.30. The third kappa shape index (κ3) is 4.86. The number of rotatable bonds is 9. The molecule has 0 radical (unpaired) electrons. The Bertz CT molecular complexity index is 797. The molecule has 0 aliphatic rings. The van der Waals surface area contributed by atoms with E-state index in [2.05, 4.69) is 11.7 Å². The molecule has 0 bridgehead atoms. The summed E-state index contributed by atoms with van der Waals surface area (Å²) in [5.41, 5.74) is 2.60. The summed E-state index contributed by atoms with van der Waals surface area (Å²) in [4.78, 5) is 10.9. The zero-order valence-corrected chi connectivity index (χ0v) is 14.5. The van der Waals surface area contributed by atoms with Gasteiger partial charge in [0.25, 0.3) is 0 Å². The molecule has 0 fully saturated rings. The fourth-order valence-electron chi connectivity index (χ4n) is 2.46. The van der Waals surface area contributed by atoms with Gasteiger partial charge in [0.2, 0.25) is 0 Å². The van der Waals surface area contributed by atoms with Gasteiger partial charge in [0.1, 0.15) is 6.61 Å². The molecule has 6 nitrogen and oxygen atoms in total. The van der Waals surface area contributed by atoms with Crippen LogP contribution >= 0.6 is 0 Å². The molecule has 0 atom stereocenters. The summed E-state index contributed by atoms with van der Waals surface area (Å²) in [6.45, 7) is 6.34. The minimum absolute atomic E-state index is 0.226. The zero-order chi connectivity index (χ0) is 18.9. The van der Waals surface area contributed by atoms with Gasteiger partial charge in [-0.05, 0) is 43.2 Å². The molecule has 2 aromatic rings. The molecular formula is C20H21NO5. The lowest BCUT2D eigenvalue weighted by molar-refractivity contribution is 0.0697. The van der Waals surface area contributed by atoms with Crippen molar-refractivity contribution in [1.29, 1.82) is 0 Å². The lowest BCUT2D eigenvalue weighted by Crippen LogP contribution is -2.04. The van der Waals surface area contributed by atoms with Gasteiger partial charge >= 0.3 is 5.97 Å². The molecule has 136 valence electrons. The third-order valence-electron chi connectivity index (χ3n) is 3.61.